The molecule has 1 aromatic rings. The number of nitrogens with zero attached hydrogens (tertiary/aromatic N) is 4. The van der Waals surface area contributed by atoms with Crippen LogP contribution in [0.4, 0.5) is 5.82 Å². The van der Waals surface area contributed by atoms with Crippen molar-refractivity contribution in [2.75, 3.05) is 62.9 Å². The van der Waals surface area contributed by atoms with Crippen LogP contribution < -0.4 is 4.90 Å². The highest BCUT2D eigenvalue weighted by Gasteiger charge is 2.27. The zero-order valence-electron chi connectivity index (χ0n) is 15.7. The van der Waals surface area contributed by atoms with Crippen molar-refractivity contribution >= 4 is 17.6 Å². The van der Waals surface area contributed by atoms with Crippen molar-refractivity contribution in [1.29, 1.82) is 0 Å². The predicted molar refractivity (Wildman–Crippen MR) is 105 cm³/mol. The second kappa shape index (κ2) is 8.87. The summed E-state index contributed by atoms with van der Waals surface area (Å²) in [4.78, 5) is 14.7. The fourth-order valence-electron chi connectivity index (χ4n) is 4.24. The van der Waals surface area contributed by atoms with E-state index in [1.165, 1.54) is 37.4 Å². The number of hydrogen-bond acceptors (Lipinski definition) is 7. The fraction of sp³-hybridized carbons (Fsp3) is 0.789. The van der Waals surface area contributed by atoms with Gasteiger partial charge in [-0.25, -0.2) is 9.97 Å². The highest BCUT2D eigenvalue weighted by molar-refractivity contribution is 7.99. The first-order valence-corrected chi connectivity index (χ1v) is 11.0. The molecule has 6 nitrogen and oxygen atoms in total. The topological polar surface area (TPSA) is 50.7 Å². The van der Waals surface area contributed by atoms with E-state index in [1.807, 2.05) is 0 Å². The Hall–Kier alpha value is -0.890. The van der Waals surface area contributed by atoms with E-state index in [9.17, 15) is 0 Å². The molecular formula is C19H30N4O2S. The van der Waals surface area contributed by atoms with E-state index in [2.05, 4.69) is 27.6 Å². The lowest BCUT2D eigenvalue weighted by Gasteiger charge is -2.40. The molecule has 0 bridgehead atoms. The summed E-state index contributed by atoms with van der Waals surface area (Å²) in [5.74, 6) is 4.85. The number of anilines is 1. The van der Waals surface area contributed by atoms with Crippen LogP contribution in [-0.2, 0) is 16.1 Å². The highest BCUT2D eigenvalue weighted by Crippen LogP contribution is 2.28. The number of aromatic nitrogens is 2. The summed E-state index contributed by atoms with van der Waals surface area (Å²) in [5.41, 5.74) is 1.12. The zero-order chi connectivity index (χ0) is 17.8. The van der Waals surface area contributed by atoms with E-state index in [-0.39, 0.29) is 0 Å². The van der Waals surface area contributed by atoms with Crippen molar-refractivity contribution in [2.24, 2.45) is 0 Å². The Morgan fingerprint density at radius 3 is 2.65 bits per heavy atom. The first-order valence-electron chi connectivity index (χ1n) is 9.85. The third-order valence-electron chi connectivity index (χ3n) is 5.75. The number of hydrogen-bond donors (Lipinski definition) is 0. The van der Waals surface area contributed by atoms with Crippen molar-refractivity contribution in [3.63, 3.8) is 0 Å². The van der Waals surface area contributed by atoms with Gasteiger partial charge >= 0.3 is 0 Å². The summed E-state index contributed by atoms with van der Waals surface area (Å²) in [5, 5.41) is 0. The Labute approximate surface area is 160 Å². The number of thioether (sulfide) groups is 1. The minimum Gasteiger partial charge on any atom is -0.381 e. The van der Waals surface area contributed by atoms with E-state index >= 15 is 0 Å². The van der Waals surface area contributed by atoms with E-state index in [0.29, 0.717) is 12.5 Å². The van der Waals surface area contributed by atoms with Gasteiger partial charge in [-0.15, -0.1) is 0 Å². The van der Waals surface area contributed by atoms with Crippen LogP contribution in [0.1, 0.15) is 36.7 Å². The Morgan fingerprint density at radius 1 is 1.15 bits per heavy atom. The molecule has 0 amide bonds. The average Bonchev–Trinajstić information content (AvgIpc) is 3.24. The molecule has 0 N–H and O–H groups in total. The summed E-state index contributed by atoms with van der Waals surface area (Å²) in [6.07, 6.45) is 3.52. The van der Waals surface area contributed by atoms with Crippen molar-refractivity contribution in [3.05, 3.63) is 17.6 Å². The fourth-order valence-corrected chi connectivity index (χ4v) is 5.17. The van der Waals surface area contributed by atoms with Gasteiger partial charge in [-0.3, -0.25) is 4.90 Å². The van der Waals surface area contributed by atoms with Gasteiger partial charge in [-0.2, -0.15) is 11.8 Å². The Bertz CT molecular complexity index is 583. The number of rotatable bonds is 5. The van der Waals surface area contributed by atoms with Gasteiger partial charge in [0.05, 0.1) is 12.3 Å². The van der Waals surface area contributed by atoms with Gasteiger partial charge in [-0.05, 0) is 19.3 Å². The Kier molecular flexibility index (Phi) is 6.30. The molecule has 3 fully saturated rings. The molecule has 0 aromatic carbocycles. The molecule has 0 saturated carbocycles. The van der Waals surface area contributed by atoms with Crippen molar-refractivity contribution < 1.29 is 9.47 Å². The van der Waals surface area contributed by atoms with Gasteiger partial charge < -0.3 is 14.4 Å². The van der Waals surface area contributed by atoms with Crippen LogP contribution in [0.3, 0.4) is 0 Å². The molecule has 7 heteroatoms. The Morgan fingerprint density at radius 2 is 1.96 bits per heavy atom. The Balaban J connectivity index is 1.44. The number of piperidine rings is 1. The zero-order valence-corrected chi connectivity index (χ0v) is 16.5. The van der Waals surface area contributed by atoms with Crippen molar-refractivity contribution in [1.82, 2.24) is 14.9 Å². The maximum absolute atomic E-state index is 5.57. The normalized spacial score (nSPS) is 25.7. The molecule has 1 unspecified atom stereocenters. The maximum Gasteiger partial charge on any atom is 0.156 e. The minimum absolute atomic E-state index is 0.399. The summed E-state index contributed by atoms with van der Waals surface area (Å²) >= 11 is 2.09. The summed E-state index contributed by atoms with van der Waals surface area (Å²) in [7, 11) is 1.71. The van der Waals surface area contributed by atoms with Gasteiger partial charge in [0.2, 0.25) is 0 Å². The lowest BCUT2D eigenvalue weighted by molar-refractivity contribution is 0.176. The SMILES string of the molecule is COCc1nc(C2CCOC2)cc(N2CCC(N3CCSCC3)CC2)n1. The lowest BCUT2D eigenvalue weighted by Crippen LogP contribution is -2.48. The maximum atomic E-state index is 5.57. The highest BCUT2D eigenvalue weighted by atomic mass is 32.2. The van der Waals surface area contributed by atoms with Crippen LogP contribution in [0, 0.1) is 0 Å². The summed E-state index contributed by atoms with van der Waals surface area (Å²) < 4.78 is 10.9. The summed E-state index contributed by atoms with van der Waals surface area (Å²) in [6.45, 7) is 6.76. The van der Waals surface area contributed by atoms with Gasteiger partial charge in [0.1, 0.15) is 12.4 Å². The molecule has 1 atom stereocenters. The van der Waals surface area contributed by atoms with Crippen LogP contribution in [0.2, 0.25) is 0 Å². The molecule has 0 spiro atoms. The number of methoxy groups -OCH3 is 1. The number of ether oxygens (including phenoxy) is 2. The molecule has 3 saturated heterocycles. The van der Waals surface area contributed by atoms with E-state index in [4.69, 9.17) is 19.4 Å². The molecule has 144 valence electrons. The van der Waals surface area contributed by atoms with Crippen molar-refractivity contribution in [3.8, 4) is 0 Å². The van der Waals surface area contributed by atoms with Gasteiger partial charge in [0, 0.05) is 69.4 Å². The van der Waals surface area contributed by atoms with E-state index in [1.54, 1.807) is 7.11 Å². The van der Waals surface area contributed by atoms with Crippen molar-refractivity contribution in [2.45, 2.75) is 37.8 Å². The first kappa shape index (κ1) is 18.5. The monoisotopic (exact) mass is 378 g/mol. The predicted octanol–water partition coefficient (Wildman–Crippen LogP) is 2.14. The molecule has 4 rings (SSSR count). The van der Waals surface area contributed by atoms with E-state index < -0.39 is 0 Å². The minimum atomic E-state index is 0.399. The second-order valence-electron chi connectivity index (χ2n) is 7.43. The molecule has 1 aromatic heterocycles. The quantitative estimate of drug-likeness (QED) is 0.778. The standard InChI is InChI=1S/C19H30N4O2S/c1-24-14-18-20-17(15-4-9-25-13-15)12-19(21-18)23-5-2-16(3-6-23)22-7-10-26-11-8-22/h12,15-16H,2-11,13-14H2,1H3. The molecule has 3 aliphatic rings. The summed E-state index contributed by atoms with van der Waals surface area (Å²) in [6, 6.07) is 2.94. The van der Waals surface area contributed by atoms with Crippen LogP contribution in [0.15, 0.2) is 6.07 Å². The van der Waals surface area contributed by atoms with Crippen LogP contribution in [-0.4, -0.2) is 78.9 Å². The molecule has 4 heterocycles. The van der Waals surface area contributed by atoms with E-state index in [0.717, 1.165) is 56.1 Å². The smallest absolute Gasteiger partial charge is 0.156 e. The second-order valence-corrected chi connectivity index (χ2v) is 8.65. The third kappa shape index (κ3) is 4.32. The van der Waals surface area contributed by atoms with Crippen LogP contribution in [0.25, 0.3) is 0 Å². The molecular weight excluding hydrogens is 348 g/mol. The van der Waals surface area contributed by atoms with Gasteiger partial charge in [0.15, 0.2) is 5.82 Å². The molecule has 3 aliphatic heterocycles. The van der Waals surface area contributed by atoms with Crippen LogP contribution >= 0.6 is 11.8 Å². The average molecular weight is 379 g/mol. The third-order valence-corrected chi connectivity index (χ3v) is 6.69. The molecule has 0 aliphatic carbocycles. The largest absolute Gasteiger partial charge is 0.381 e. The van der Waals surface area contributed by atoms with Gasteiger partial charge in [-0.1, -0.05) is 0 Å². The van der Waals surface area contributed by atoms with Gasteiger partial charge in [0.25, 0.3) is 0 Å². The molecule has 0 radical (unpaired) electrons. The van der Waals surface area contributed by atoms with Crippen LogP contribution in [0.5, 0.6) is 0 Å². The molecule has 26 heavy (non-hydrogen) atoms. The first-order chi connectivity index (χ1) is 12.8. The lowest BCUT2D eigenvalue weighted by atomic mass is 10.0.